The fourth-order valence-electron chi connectivity index (χ4n) is 3.68. The zero-order valence-electron chi connectivity index (χ0n) is 14.8. The minimum Gasteiger partial charge on any atom is -0.496 e. The summed E-state index contributed by atoms with van der Waals surface area (Å²) in [7, 11) is 3.21. The maximum absolute atomic E-state index is 11.8. The summed E-state index contributed by atoms with van der Waals surface area (Å²) >= 11 is 6.06. The molecule has 6 heteroatoms. The molecule has 0 radical (unpaired) electrons. The Morgan fingerprint density at radius 3 is 2.31 bits per heavy atom. The lowest BCUT2D eigenvalue weighted by molar-refractivity contribution is -0.142. The predicted molar refractivity (Wildman–Crippen MR) is 100 cm³/mol. The molecule has 1 fully saturated rings. The quantitative estimate of drug-likeness (QED) is 0.827. The molecule has 1 heterocycles. The van der Waals surface area contributed by atoms with E-state index in [9.17, 15) is 9.90 Å². The molecule has 2 aromatic carbocycles. The number of carboxylic acids is 1. The number of ether oxygens (including phenoxy) is 2. The van der Waals surface area contributed by atoms with Crippen LogP contribution in [-0.4, -0.2) is 42.8 Å². The van der Waals surface area contributed by atoms with Crippen molar-refractivity contribution in [3.05, 3.63) is 58.6 Å². The number of halogens is 1. The summed E-state index contributed by atoms with van der Waals surface area (Å²) in [5.74, 6) is 0.524. The zero-order chi connectivity index (χ0) is 18.7. The lowest BCUT2D eigenvalue weighted by Gasteiger charge is -2.33. The van der Waals surface area contributed by atoms with Gasteiger partial charge in [0.2, 0.25) is 0 Å². The van der Waals surface area contributed by atoms with Crippen LogP contribution in [0.25, 0.3) is 0 Å². The van der Waals surface area contributed by atoms with Crippen molar-refractivity contribution < 1.29 is 19.4 Å². The number of hydrogen-bond donors (Lipinski definition) is 1. The van der Waals surface area contributed by atoms with Crippen LogP contribution in [0.4, 0.5) is 0 Å². The zero-order valence-corrected chi connectivity index (χ0v) is 15.6. The SMILES string of the molecule is COc1cccc(OC)c1C(c1ccc(Cl)cc1)N1CCCC1C(=O)O. The van der Waals surface area contributed by atoms with E-state index >= 15 is 0 Å². The van der Waals surface area contributed by atoms with Gasteiger partial charge in [0, 0.05) is 11.6 Å². The second-order valence-corrected chi connectivity index (χ2v) is 6.70. The van der Waals surface area contributed by atoms with Gasteiger partial charge >= 0.3 is 5.97 Å². The monoisotopic (exact) mass is 375 g/mol. The molecule has 0 bridgehead atoms. The minimum atomic E-state index is -0.810. The molecule has 1 saturated heterocycles. The Bertz CT molecular complexity index is 756. The minimum absolute atomic E-state index is 0.304. The molecule has 2 aromatic rings. The molecule has 0 aliphatic carbocycles. The largest absolute Gasteiger partial charge is 0.496 e. The first kappa shape index (κ1) is 18.5. The van der Waals surface area contributed by atoms with Crippen molar-refractivity contribution in [2.24, 2.45) is 0 Å². The molecule has 2 unspecified atom stereocenters. The van der Waals surface area contributed by atoms with Crippen LogP contribution in [0.1, 0.15) is 30.0 Å². The van der Waals surface area contributed by atoms with Crippen molar-refractivity contribution in [1.82, 2.24) is 4.90 Å². The molecule has 138 valence electrons. The first-order chi connectivity index (χ1) is 12.6. The molecular weight excluding hydrogens is 354 g/mol. The number of carbonyl (C=O) groups is 1. The van der Waals surface area contributed by atoms with Gasteiger partial charge in [0.05, 0.1) is 25.8 Å². The highest BCUT2D eigenvalue weighted by Crippen LogP contribution is 2.43. The fourth-order valence-corrected chi connectivity index (χ4v) is 3.81. The van der Waals surface area contributed by atoms with Gasteiger partial charge in [-0.1, -0.05) is 29.8 Å². The number of benzene rings is 2. The summed E-state index contributed by atoms with van der Waals surface area (Å²) in [5, 5.41) is 10.3. The van der Waals surface area contributed by atoms with E-state index in [1.54, 1.807) is 14.2 Å². The number of nitrogens with zero attached hydrogens (tertiary/aromatic N) is 1. The van der Waals surface area contributed by atoms with Crippen molar-refractivity contribution in [2.45, 2.75) is 24.9 Å². The lowest BCUT2D eigenvalue weighted by atomic mass is 9.94. The van der Waals surface area contributed by atoms with Crippen LogP contribution in [0.2, 0.25) is 5.02 Å². The topological polar surface area (TPSA) is 59.0 Å². The maximum atomic E-state index is 11.8. The Hall–Kier alpha value is -2.24. The van der Waals surface area contributed by atoms with Crippen LogP contribution in [0, 0.1) is 0 Å². The second kappa shape index (κ2) is 7.98. The highest BCUT2D eigenvalue weighted by atomic mass is 35.5. The molecule has 0 amide bonds. The van der Waals surface area contributed by atoms with Gasteiger partial charge in [-0.15, -0.1) is 0 Å². The molecule has 5 nitrogen and oxygen atoms in total. The number of hydrogen-bond acceptors (Lipinski definition) is 4. The van der Waals surface area contributed by atoms with E-state index in [1.807, 2.05) is 47.4 Å². The smallest absolute Gasteiger partial charge is 0.320 e. The summed E-state index contributed by atoms with van der Waals surface area (Å²) < 4.78 is 11.2. The molecule has 2 atom stereocenters. The Balaban J connectivity index is 2.19. The summed E-state index contributed by atoms with van der Waals surface area (Å²) in [6.07, 6.45) is 1.45. The summed E-state index contributed by atoms with van der Waals surface area (Å²) in [6.45, 7) is 0.686. The van der Waals surface area contributed by atoms with Gasteiger partial charge in [-0.05, 0) is 42.7 Å². The molecule has 0 spiro atoms. The van der Waals surface area contributed by atoms with E-state index < -0.39 is 12.0 Å². The van der Waals surface area contributed by atoms with Crippen LogP contribution in [-0.2, 0) is 4.79 Å². The van der Waals surface area contributed by atoms with Crippen molar-refractivity contribution in [3.63, 3.8) is 0 Å². The first-order valence-electron chi connectivity index (χ1n) is 8.51. The van der Waals surface area contributed by atoms with E-state index in [-0.39, 0.29) is 6.04 Å². The Morgan fingerprint density at radius 2 is 1.77 bits per heavy atom. The van der Waals surface area contributed by atoms with Crippen molar-refractivity contribution in [2.75, 3.05) is 20.8 Å². The third kappa shape index (κ3) is 3.50. The molecule has 1 aliphatic heterocycles. The molecule has 0 aromatic heterocycles. The average molecular weight is 376 g/mol. The van der Waals surface area contributed by atoms with Crippen molar-refractivity contribution in [1.29, 1.82) is 0 Å². The number of rotatable bonds is 6. The Kier molecular flexibility index (Phi) is 5.69. The van der Waals surface area contributed by atoms with Gasteiger partial charge in [0.15, 0.2) is 0 Å². The maximum Gasteiger partial charge on any atom is 0.320 e. The average Bonchev–Trinajstić information content (AvgIpc) is 3.13. The summed E-state index contributed by atoms with van der Waals surface area (Å²) in [4.78, 5) is 13.8. The van der Waals surface area contributed by atoms with Crippen molar-refractivity contribution in [3.8, 4) is 11.5 Å². The normalized spacial score (nSPS) is 18.5. The van der Waals surface area contributed by atoms with Crippen LogP contribution in [0.5, 0.6) is 11.5 Å². The lowest BCUT2D eigenvalue weighted by Crippen LogP contribution is -2.39. The molecule has 26 heavy (non-hydrogen) atoms. The third-order valence-electron chi connectivity index (χ3n) is 4.84. The number of carboxylic acid groups (broad SMARTS) is 1. The third-order valence-corrected chi connectivity index (χ3v) is 5.09. The molecule has 1 N–H and O–H groups in total. The van der Waals surface area contributed by atoms with E-state index in [0.717, 1.165) is 17.5 Å². The van der Waals surface area contributed by atoms with E-state index in [2.05, 4.69) is 0 Å². The number of methoxy groups -OCH3 is 2. The second-order valence-electron chi connectivity index (χ2n) is 6.26. The van der Waals surface area contributed by atoms with Gasteiger partial charge in [-0.25, -0.2) is 0 Å². The van der Waals surface area contributed by atoms with E-state index in [0.29, 0.717) is 29.5 Å². The van der Waals surface area contributed by atoms with Gasteiger partial charge in [0.25, 0.3) is 0 Å². The predicted octanol–water partition coefficient (Wildman–Crippen LogP) is 4.00. The van der Waals surface area contributed by atoms with Crippen LogP contribution in [0.15, 0.2) is 42.5 Å². The van der Waals surface area contributed by atoms with Gasteiger partial charge in [-0.3, -0.25) is 9.69 Å². The standard InChI is InChI=1S/C20H22ClNO4/c1-25-16-6-3-7-17(26-2)18(16)19(13-8-10-14(21)11-9-13)22-12-4-5-15(22)20(23)24/h3,6-11,15,19H,4-5,12H2,1-2H3,(H,23,24). The molecular formula is C20H22ClNO4. The van der Waals surface area contributed by atoms with Gasteiger partial charge < -0.3 is 14.6 Å². The number of likely N-dealkylation sites (tertiary alicyclic amines) is 1. The molecule has 3 rings (SSSR count). The van der Waals surface area contributed by atoms with Gasteiger partial charge in [-0.2, -0.15) is 0 Å². The summed E-state index contributed by atoms with van der Waals surface area (Å²) in [6, 6.07) is 12.2. The molecule has 1 aliphatic rings. The van der Waals surface area contributed by atoms with Crippen LogP contribution in [0.3, 0.4) is 0 Å². The first-order valence-corrected chi connectivity index (χ1v) is 8.89. The fraction of sp³-hybridized carbons (Fsp3) is 0.350. The highest BCUT2D eigenvalue weighted by Gasteiger charge is 2.39. The van der Waals surface area contributed by atoms with E-state index in [4.69, 9.17) is 21.1 Å². The number of aliphatic carboxylic acids is 1. The van der Waals surface area contributed by atoms with Crippen LogP contribution >= 0.6 is 11.6 Å². The Labute approximate surface area is 158 Å². The van der Waals surface area contributed by atoms with Crippen LogP contribution < -0.4 is 9.47 Å². The van der Waals surface area contributed by atoms with Crippen molar-refractivity contribution >= 4 is 17.6 Å². The molecule has 0 saturated carbocycles. The Morgan fingerprint density at radius 1 is 1.15 bits per heavy atom. The highest BCUT2D eigenvalue weighted by molar-refractivity contribution is 6.30. The summed E-state index contributed by atoms with van der Waals surface area (Å²) in [5.41, 5.74) is 1.78. The van der Waals surface area contributed by atoms with E-state index in [1.165, 1.54) is 0 Å². The van der Waals surface area contributed by atoms with Gasteiger partial charge in [0.1, 0.15) is 17.5 Å².